The van der Waals surface area contributed by atoms with Crippen molar-refractivity contribution in [2.45, 2.75) is 31.9 Å². The van der Waals surface area contributed by atoms with Crippen LogP contribution in [0.15, 0.2) is 30.3 Å². The third kappa shape index (κ3) is 1.68. The molecule has 2 unspecified atom stereocenters. The maximum Gasteiger partial charge on any atom is 0.132 e. The maximum absolute atomic E-state index is 6.32. The van der Waals surface area contributed by atoms with Crippen LogP contribution < -0.4 is 10.5 Å². The molecule has 94 valence electrons. The fourth-order valence-corrected chi connectivity index (χ4v) is 2.93. The summed E-state index contributed by atoms with van der Waals surface area (Å²) in [5.74, 6) is 0.918. The van der Waals surface area contributed by atoms with Crippen molar-refractivity contribution in [2.75, 3.05) is 0 Å². The van der Waals surface area contributed by atoms with E-state index < -0.39 is 0 Å². The zero-order valence-electron chi connectivity index (χ0n) is 10.3. The van der Waals surface area contributed by atoms with E-state index in [1.165, 1.54) is 0 Å². The molecule has 2 aromatic carbocycles. The monoisotopic (exact) mass is 261 g/mol. The van der Waals surface area contributed by atoms with E-state index >= 15 is 0 Å². The predicted molar refractivity (Wildman–Crippen MR) is 75.2 cm³/mol. The molecule has 1 aliphatic heterocycles. The smallest absolute Gasteiger partial charge is 0.132 e. The van der Waals surface area contributed by atoms with Crippen LogP contribution in [0.4, 0.5) is 0 Å². The lowest BCUT2D eigenvalue weighted by molar-refractivity contribution is 0.196. The number of ether oxygens (including phenoxy) is 1. The molecular weight excluding hydrogens is 246 g/mol. The minimum Gasteiger partial charge on any atom is -0.487 e. The SMILES string of the molecule is CCCC1Oc2c(cc(Cl)c3ccccc23)C1N. The first-order valence-corrected chi connectivity index (χ1v) is 6.73. The molecule has 0 aromatic heterocycles. The van der Waals surface area contributed by atoms with Gasteiger partial charge in [0.2, 0.25) is 0 Å². The molecular formula is C15H16ClNO. The quantitative estimate of drug-likeness (QED) is 0.885. The summed E-state index contributed by atoms with van der Waals surface area (Å²) in [5, 5.41) is 2.84. The highest BCUT2D eigenvalue weighted by molar-refractivity contribution is 6.36. The molecule has 3 heteroatoms. The number of nitrogens with two attached hydrogens (primary N) is 1. The first-order valence-electron chi connectivity index (χ1n) is 6.35. The lowest BCUT2D eigenvalue weighted by Crippen LogP contribution is -2.24. The van der Waals surface area contributed by atoms with Crippen LogP contribution in [0.2, 0.25) is 5.02 Å². The highest BCUT2D eigenvalue weighted by atomic mass is 35.5. The van der Waals surface area contributed by atoms with Crippen molar-refractivity contribution in [3.8, 4) is 5.75 Å². The van der Waals surface area contributed by atoms with Gasteiger partial charge in [0, 0.05) is 21.4 Å². The number of benzene rings is 2. The van der Waals surface area contributed by atoms with Crippen molar-refractivity contribution >= 4 is 22.4 Å². The van der Waals surface area contributed by atoms with Crippen LogP contribution in [0.5, 0.6) is 5.75 Å². The first-order chi connectivity index (χ1) is 8.72. The summed E-state index contributed by atoms with van der Waals surface area (Å²) in [6, 6.07) is 9.93. The molecule has 0 radical (unpaired) electrons. The van der Waals surface area contributed by atoms with Gasteiger partial charge in [-0.3, -0.25) is 0 Å². The Bertz CT molecular complexity index is 596. The highest BCUT2D eigenvalue weighted by Crippen LogP contribution is 2.44. The molecule has 0 saturated carbocycles. The fraction of sp³-hybridized carbons (Fsp3) is 0.333. The molecule has 0 aliphatic carbocycles. The normalized spacial score (nSPS) is 21.9. The lowest BCUT2D eigenvalue weighted by Gasteiger charge is -2.13. The number of halogens is 1. The van der Waals surface area contributed by atoms with Gasteiger partial charge >= 0.3 is 0 Å². The molecule has 0 saturated heterocycles. The van der Waals surface area contributed by atoms with Crippen LogP contribution >= 0.6 is 11.6 Å². The van der Waals surface area contributed by atoms with Gasteiger partial charge in [0.25, 0.3) is 0 Å². The van der Waals surface area contributed by atoms with Gasteiger partial charge in [-0.05, 0) is 12.5 Å². The average Bonchev–Trinajstić information content (AvgIpc) is 2.69. The Hall–Kier alpha value is -1.25. The van der Waals surface area contributed by atoms with E-state index in [1.54, 1.807) is 0 Å². The molecule has 2 N–H and O–H groups in total. The summed E-state index contributed by atoms with van der Waals surface area (Å²) >= 11 is 6.32. The molecule has 0 fully saturated rings. The predicted octanol–water partition coefficient (Wildman–Crippen LogP) is 4.05. The molecule has 0 amide bonds. The molecule has 2 atom stereocenters. The molecule has 1 heterocycles. The van der Waals surface area contributed by atoms with Crippen molar-refractivity contribution in [2.24, 2.45) is 5.73 Å². The lowest BCUT2D eigenvalue weighted by atomic mass is 9.99. The van der Waals surface area contributed by atoms with E-state index in [1.807, 2.05) is 30.3 Å². The second kappa shape index (κ2) is 4.45. The van der Waals surface area contributed by atoms with Gasteiger partial charge in [-0.1, -0.05) is 49.2 Å². The first kappa shape index (κ1) is 11.8. The van der Waals surface area contributed by atoms with Crippen molar-refractivity contribution in [1.82, 2.24) is 0 Å². The van der Waals surface area contributed by atoms with Crippen LogP contribution in [-0.4, -0.2) is 6.10 Å². The Morgan fingerprint density at radius 3 is 2.72 bits per heavy atom. The second-order valence-corrected chi connectivity index (χ2v) is 5.20. The number of hydrogen-bond acceptors (Lipinski definition) is 2. The topological polar surface area (TPSA) is 35.2 Å². The van der Waals surface area contributed by atoms with Crippen molar-refractivity contribution in [3.63, 3.8) is 0 Å². The molecule has 3 rings (SSSR count). The largest absolute Gasteiger partial charge is 0.487 e. The minimum absolute atomic E-state index is 0.0675. The Balaban J connectivity index is 2.18. The summed E-state index contributed by atoms with van der Waals surface area (Å²) in [4.78, 5) is 0. The number of fused-ring (bicyclic) bond motifs is 3. The van der Waals surface area contributed by atoms with Gasteiger partial charge in [0.05, 0.1) is 6.04 Å². The molecule has 2 nitrogen and oxygen atoms in total. The van der Waals surface area contributed by atoms with Gasteiger partial charge in [0.15, 0.2) is 0 Å². The molecule has 2 aromatic rings. The van der Waals surface area contributed by atoms with Crippen molar-refractivity contribution in [3.05, 3.63) is 40.9 Å². The van der Waals surface area contributed by atoms with E-state index in [4.69, 9.17) is 22.1 Å². The van der Waals surface area contributed by atoms with E-state index in [0.29, 0.717) is 0 Å². The van der Waals surface area contributed by atoms with E-state index in [-0.39, 0.29) is 12.1 Å². The minimum atomic E-state index is -0.0675. The zero-order valence-corrected chi connectivity index (χ0v) is 11.1. The van der Waals surface area contributed by atoms with Gasteiger partial charge in [0.1, 0.15) is 11.9 Å². The molecule has 1 aliphatic rings. The summed E-state index contributed by atoms with van der Waals surface area (Å²) in [7, 11) is 0. The van der Waals surface area contributed by atoms with E-state index in [0.717, 1.165) is 39.9 Å². The van der Waals surface area contributed by atoms with Crippen molar-refractivity contribution < 1.29 is 4.74 Å². The van der Waals surface area contributed by atoms with E-state index in [2.05, 4.69) is 6.92 Å². The van der Waals surface area contributed by atoms with Crippen LogP contribution in [0.1, 0.15) is 31.4 Å². The Labute approximate surface area is 112 Å². The maximum atomic E-state index is 6.32. The Morgan fingerprint density at radius 2 is 2.00 bits per heavy atom. The van der Waals surface area contributed by atoms with Crippen LogP contribution in [0.25, 0.3) is 10.8 Å². The van der Waals surface area contributed by atoms with Gasteiger partial charge < -0.3 is 10.5 Å². The van der Waals surface area contributed by atoms with Crippen LogP contribution in [0.3, 0.4) is 0 Å². The number of hydrogen-bond donors (Lipinski definition) is 1. The summed E-state index contributed by atoms with van der Waals surface area (Å²) < 4.78 is 6.04. The van der Waals surface area contributed by atoms with Gasteiger partial charge in [-0.2, -0.15) is 0 Å². The van der Waals surface area contributed by atoms with Crippen LogP contribution in [0, 0.1) is 0 Å². The Kier molecular flexibility index (Phi) is 2.92. The standard InChI is InChI=1S/C15H16ClNO/c1-2-5-13-14(17)11-8-12(16)9-6-3-4-7-10(9)15(11)18-13/h3-4,6-8,13-14H,2,5,17H2,1H3. The summed E-state index contributed by atoms with van der Waals surface area (Å²) in [5.41, 5.74) is 7.29. The highest BCUT2D eigenvalue weighted by Gasteiger charge is 2.32. The van der Waals surface area contributed by atoms with E-state index in [9.17, 15) is 0 Å². The van der Waals surface area contributed by atoms with Gasteiger partial charge in [-0.15, -0.1) is 0 Å². The fourth-order valence-electron chi connectivity index (χ4n) is 2.65. The molecule has 0 spiro atoms. The third-order valence-corrected chi connectivity index (χ3v) is 3.89. The van der Waals surface area contributed by atoms with Crippen molar-refractivity contribution in [1.29, 1.82) is 0 Å². The molecule has 18 heavy (non-hydrogen) atoms. The second-order valence-electron chi connectivity index (χ2n) is 4.79. The zero-order chi connectivity index (χ0) is 12.7. The summed E-state index contributed by atoms with van der Waals surface area (Å²) in [6.45, 7) is 2.14. The molecule has 0 bridgehead atoms. The average molecular weight is 262 g/mol. The number of rotatable bonds is 2. The Morgan fingerprint density at radius 1 is 1.28 bits per heavy atom. The van der Waals surface area contributed by atoms with Gasteiger partial charge in [-0.25, -0.2) is 0 Å². The van der Waals surface area contributed by atoms with Crippen LogP contribution in [-0.2, 0) is 0 Å². The summed E-state index contributed by atoms with van der Waals surface area (Å²) in [6.07, 6.45) is 2.12. The third-order valence-electron chi connectivity index (χ3n) is 3.58.